The zero-order valence-electron chi connectivity index (χ0n) is 11.7. The highest BCUT2D eigenvalue weighted by atomic mass is 32.1. The van der Waals surface area contributed by atoms with Crippen LogP contribution in [-0.4, -0.2) is 7.05 Å². The van der Waals surface area contributed by atoms with Crippen molar-refractivity contribution < 1.29 is 4.42 Å². The van der Waals surface area contributed by atoms with E-state index in [1.54, 1.807) is 10.4 Å². The summed E-state index contributed by atoms with van der Waals surface area (Å²) in [5.41, 5.74) is 1.57. The summed E-state index contributed by atoms with van der Waals surface area (Å²) in [4.78, 5) is 2.99. The lowest BCUT2D eigenvalue weighted by atomic mass is 10.1. The summed E-state index contributed by atoms with van der Waals surface area (Å²) in [7, 11) is 2.01. The first kappa shape index (κ1) is 12.9. The number of thiophene rings is 1. The van der Waals surface area contributed by atoms with Gasteiger partial charge >= 0.3 is 0 Å². The highest BCUT2D eigenvalue weighted by molar-refractivity contribution is 7.12. The Hall–Kier alpha value is -1.06. The van der Waals surface area contributed by atoms with Crippen molar-refractivity contribution in [1.82, 2.24) is 5.32 Å². The van der Waals surface area contributed by atoms with Gasteiger partial charge in [0.2, 0.25) is 0 Å². The minimum Gasteiger partial charge on any atom is -0.464 e. The molecule has 3 rings (SSSR count). The van der Waals surface area contributed by atoms with Gasteiger partial charge in [0, 0.05) is 9.75 Å². The van der Waals surface area contributed by atoms with Gasteiger partial charge in [0.25, 0.3) is 0 Å². The lowest BCUT2D eigenvalue weighted by molar-refractivity contribution is 0.446. The standard InChI is InChI=1S/C16H21NOS/c1-11-8-9-13(18-11)16(17-2)15-10-12-6-4-3-5-7-14(12)19-15/h8-10,16-17H,3-7H2,1-2H3. The first-order valence-electron chi connectivity index (χ1n) is 7.13. The van der Waals surface area contributed by atoms with E-state index in [0.29, 0.717) is 0 Å². The molecular weight excluding hydrogens is 254 g/mol. The number of aryl methyl sites for hydroxylation is 3. The van der Waals surface area contributed by atoms with Crippen molar-refractivity contribution in [1.29, 1.82) is 0 Å². The van der Waals surface area contributed by atoms with E-state index in [-0.39, 0.29) is 6.04 Å². The topological polar surface area (TPSA) is 25.2 Å². The van der Waals surface area contributed by atoms with E-state index in [1.165, 1.54) is 37.0 Å². The molecule has 0 radical (unpaired) electrons. The second-order valence-corrected chi connectivity index (χ2v) is 6.50. The molecule has 1 atom stereocenters. The van der Waals surface area contributed by atoms with Crippen LogP contribution in [0.3, 0.4) is 0 Å². The van der Waals surface area contributed by atoms with Gasteiger partial charge in [0.05, 0.1) is 0 Å². The summed E-state index contributed by atoms with van der Waals surface area (Å²) in [6.07, 6.45) is 6.57. The van der Waals surface area contributed by atoms with E-state index >= 15 is 0 Å². The van der Waals surface area contributed by atoms with E-state index < -0.39 is 0 Å². The third kappa shape index (κ3) is 2.63. The first-order chi connectivity index (χ1) is 9.28. The van der Waals surface area contributed by atoms with Gasteiger partial charge < -0.3 is 9.73 Å². The monoisotopic (exact) mass is 275 g/mol. The van der Waals surface area contributed by atoms with Crippen molar-refractivity contribution in [3.63, 3.8) is 0 Å². The van der Waals surface area contributed by atoms with Crippen LogP contribution >= 0.6 is 11.3 Å². The third-order valence-corrected chi connectivity index (χ3v) is 5.19. The first-order valence-corrected chi connectivity index (χ1v) is 7.94. The Morgan fingerprint density at radius 3 is 2.79 bits per heavy atom. The van der Waals surface area contributed by atoms with Crippen LogP contribution < -0.4 is 5.32 Å². The lowest BCUT2D eigenvalue weighted by Crippen LogP contribution is -2.15. The molecule has 0 spiro atoms. The summed E-state index contributed by atoms with van der Waals surface area (Å²) in [6.45, 7) is 2.00. The maximum atomic E-state index is 5.79. The Morgan fingerprint density at radius 1 is 1.21 bits per heavy atom. The average Bonchev–Trinajstić information content (AvgIpc) is 2.93. The van der Waals surface area contributed by atoms with Crippen molar-refractivity contribution in [3.05, 3.63) is 45.0 Å². The van der Waals surface area contributed by atoms with E-state index in [0.717, 1.165) is 11.5 Å². The van der Waals surface area contributed by atoms with Gasteiger partial charge in [-0.3, -0.25) is 0 Å². The lowest BCUT2D eigenvalue weighted by Gasteiger charge is -2.11. The van der Waals surface area contributed by atoms with Crippen LogP contribution in [0, 0.1) is 6.92 Å². The number of fused-ring (bicyclic) bond motifs is 1. The molecule has 1 aliphatic carbocycles. The number of hydrogen-bond acceptors (Lipinski definition) is 3. The van der Waals surface area contributed by atoms with Crippen LogP contribution in [0.15, 0.2) is 22.6 Å². The van der Waals surface area contributed by atoms with Crippen LogP contribution in [0.5, 0.6) is 0 Å². The summed E-state index contributed by atoms with van der Waals surface area (Å²) in [5.74, 6) is 2.00. The Bertz CT molecular complexity index is 531. The van der Waals surface area contributed by atoms with Crippen molar-refractivity contribution in [2.24, 2.45) is 0 Å². The zero-order valence-corrected chi connectivity index (χ0v) is 12.5. The molecule has 0 amide bonds. The molecule has 0 saturated heterocycles. The Balaban J connectivity index is 1.91. The van der Waals surface area contributed by atoms with E-state index in [1.807, 2.05) is 31.4 Å². The summed E-state index contributed by atoms with van der Waals surface area (Å²) in [5, 5.41) is 3.39. The average molecular weight is 275 g/mol. The molecule has 19 heavy (non-hydrogen) atoms. The summed E-state index contributed by atoms with van der Waals surface area (Å²) >= 11 is 1.96. The van der Waals surface area contributed by atoms with Gasteiger partial charge in [0.1, 0.15) is 17.6 Å². The van der Waals surface area contributed by atoms with Crippen LogP contribution in [0.2, 0.25) is 0 Å². The molecule has 2 aromatic rings. The molecule has 2 nitrogen and oxygen atoms in total. The fraction of sp³-hybridized carbons (Fsp3) is 0.500. The van der Waals surface area contributed by atoms with Crippen LogP contribution in [0.1, 0.15) is 52.1 Å². The Labute approximate surface area is 118 Å². The maximum absolute atomic E-state index is 5.79. The van der Waals surface area contributed by atoms with Crippen molar-refractivity contribution in [2.75, 3.05) is 7.05 Å². The number of nitrogens with one attached hydrogen (secondary N) is 1. The number of rotatable bonds is 3. The normalized spacial score (nSPS) is 16.9. The van der Waals surface area contributed by atoms with Gasteiger partial charge in [-0.25, -0.2) is 0 Å². The highest BCUT2D eigenvalue weighted by Crippen LogP contribution is 2.35. The van der Waals surface area contributed by atoms with E-state index in [2.05, 4.69) is 17.4 Å². The molecule has 0 saturated carbocycles. The molecular formula is C16H21NOS. The molecule has 3 heteroatoms. The SMILES string of the molecule is CNC(c1ccc(C)o1)c1cc2c(s1)CCCCC2. The molecule has 102 valence electrons. The predicted molar refractivity (Wildman–Crippen MR) is 79.9 cm³/mol. The third-order valence-electron chi connectivity index (χ3n) is 3.88. The second-order valence-electron chi connectivity index (χ2n) is 5.33. The molecule has 0 fully saturated rings. The van der Waals surface area contributed by atoms with Gasteiger partial charge in [-0.15, -0.1) is 11.3 Å². The molecule has 0 aromatic carbocycles. The maximum Gasteiger partial charge on any atom is 0.126 e. The fourth-order valence-electron chi connectivity index (χ4n) is 2.87. The molecule has 2 aromatic heterocycles. The Morgan fingerprint density at radius 2 is 2.05 bits per heavy atom. The number of furan rings is 1. The van der Waals surface area contributed by atoms with Crippen LogP contribution in [-0.2, 0) is 12.8 Å². The van der Waals surface area contributed by atoms with Crippen molar-refractivity contribution in [3.8, 4) is 0 Å². The van der Waals surface area contributed by atoms with E-state index in [4.69, 9.17) is 4.42 Å². The quantitative estimate of drug-likeness (QED) is 0.848. The predicted octanol–water partition coefficient (Wildman–Crippen LogP) is 4.23. The zero-order chi connectivity index (χ0) is 13.2. The second kappa shape index (κ2) is 5.51. The van der Waals surface area contributed by atoms with Crippen LogP contribution in [0.4, 0.5) is 0 Å². The molecule has 1 unspecified atom stereocenters. The van der Waals surface area contributed by atoms with Gasteiger partial charge in [-0.2, -0.15) is 0 Å². The van der Waals surface area contributed by atoms with Crippen LogP contribution in [0.25, 0.3) is 0 Å². The number of hydrogen-bond donors (Lipinski definition) is 1. The molecule has 0 aliphatic heterocycles. The molecule has 0 bridgehead atoms. The van der Waals surface area contributed by atoms with Gasteiger partial charge in [-0.05, 0) is 63.4 Å². The smallest absolute Gasteiger partial charge is 0.126 e. The minimum absolute atomic E-state index is 0.200. The summed E-state index contributed by atoms with van der Waals surface area (Å²) < 4.78 is 5.79. The molecule has 1 N–H and O–H groups in total. The largest absolute Gasteiger partial charge is 0.464 e. The van der Waals surface area contributed by atoms with Gasteiger partial charge in [0.15, 0.2) is 0 Å². The van der Waals surface area contributed by atoms with Crippen molar-refractivity contribution in [2.45, 2.75) is 45.1 Å². The minimum atomic E-state index is 0.200. The molecule has 2 heterocycles. The summed E-state index contributed by atoms with van der Waals surface area (Å²) in [6, 6.07) is 6.72. The molecule has 1 aliphatic rings. The van der Waals surface area contributed by atoms with E-state index in [9.17, 15) is 0 Å². The highest BCUT2D eigenvalue weighted by Gasteiger charge is 2.21. The fourth-order valence-corrected chi connectivity index (χ4v) is 4.24. The van der Waals surface area contributed by atoms with Gasteiger partial charge in [-0.1, -0.05) is 6.42 Å². The Kier molecular flexibility index (Phi) is 3.76. The van der Waals surface area contributed by atoms with Crippen molar-refractivity contribution >= 4 is 11.3 Å².